The van der Waals surface area contributed by atoms with Crippen LogP contribution in [0.2, 0.25) is 0 Å². The molecule has 1 aliphatic rings. The molecule has 5 rings (SSSR count). The maximum atomic E-state index is 5.02. The molecule has 0 aromatic carbocycles. The molecular formula is C19H21N9S. The van der Waals surface area contributed by atoms with Gasteiger partial charge in [-0.2, -0.15) is 5.10 Å². The molecule has 148 valence electrons. The van der Waals surface area contributed by atoms with Crippen LogP contribution in [0, 0.1) is 6.92 Å². The molecule has 0 saturated heterocycles. The molecule has 4 aromatic heterocycles. The van der Waals surface area contributed by atoms with Gasteiger partial charge in [-0.1, -0.05) is 6.92 Å². The average molecular weight is 408 g/mol. The predicted octanol–water partition coefficient (Wildman–Crippen LogP) is 3.56. The first-order valence-electron chi connectivity index (χ1n) is 9.61. The van der Waals surface area contributed by atoms with Gasteiger partial charge in [0.15, 0.2) is 17.5 Å². The molecule has 0 fully saturated rings. The number of nitrogens with one attached hydrogen (secondary N) is 1. The monoisotopic (exact) mass is 407 g/mol. The molecule has 1 N–H and O–H groups in total. The SMILES string of the molecule is CCC1c2nnc(C)n2-c2cnc(-c3scnc3-c3ccn[nH]3)nc2N1C(C)C. The molecule has 0 amide bonds. The lowest BCUT2D eigenvalue weighted by Crippen LogP contribution is -2.40. The smallest absolute Gasteiger partial charge is 0.174 e. The number of aromatic amines is 1. The van der Waals surface area contributed by atoms with E-state index in [1.165, 1.54) is 11.3 Å². The summed E-state index contributed by atoms with van der Waals surface area (Å²) < 4.78 is 2.08. The maximum absolute atomic E-state index is 5.02. The zero-order chi connectivity index (χ0) is 20.1. The van der Waals surface area contributed by atoms with E-state index >= 15 is 0 Å². The van der Waals surface area contributed by atoms with Crippen molar-refractivity contribution in [1.82, 2.24) is 39.9 Å². The Bertz CT molecular complexity index is 1160. The van der Waals surface area contributed by atoms with Crippen LogP contribution in [-0.2, 0) is 0 Å². The lowest BCUT2D eigenvalue weighted by molar-refractivity contribution is 0.496. The highest BCUT2D eigenvalue weighted by Crippen LogP contribution is 2.41. The van der Waals surface area contributed by atoms with Gasteiger partial charge in [0, 0.05) is 12.2 Å². The summed E-state index contributed by atoms with van der Waals surface area (Å²) in [5.74, 6) is 3.34. The van der Waals surface area contributed by atoms with Crippen LogP contribution in [0.25, 0.3) is 27.8 Å². The molecule has 0 spiro atoms. The van der Waals surface area contributed by atoms with Gasteiger partial charge in [0.05, 0.1) is 23.4 Å². The molecular weight excluding hydrogens is 386 g/mol. The second kappa shape index (κ2) is 6.73. The molecule has 0 radical (unpaired) electrons. The van der Waals surface area contributed by atoms with Crippen LogP contribution in [-0.4, -0.2) is 46.0 Å². The summed E-state index contributed by atoms with van der Waals surface area (Å²) in [6.45, 7) is 8.48. The number of fused-ring (bicyclic) bond motifs is 3. The van der Waals surface area contributed by atoms with Crippen LogP contribution in [0.3, 0.4) is 0 Å². The standard InChI is InChI=1S/C19H21N9S/c1-5-13-19-26-24-11(4)28(19)14-8-20-17(23-18(14)27(13)10(2)3)16-15(21-9-29-16)12-6-7-22-25-12/h6-10,13H,5H2,1-4H3,(H,22,25). The average Bonchev–Trinajstić information content (AvgIpc) is 3.46. The lowest BCUT2D eigenvalue weighted by atomic mass is 10.1. The van der Waals surface area contributed by atoms with E-state index in [1.54, 1.807) is 6.20 Å². The summed E-state index contributed by atoms with van der Waals surface area (Å²) in [4.78, 5) is 17.5. The van der Waals surface area contributed by atoms with E-state index in [-0.39, 0.29) is 12.1 Å². The van der Waals surface area contributed by atoms with Gasteiger partial charge < -0.3 is 4.90 Å². The zero-order valence-electron chi connectivity index (χ0n) is 16.7. The Labute approximate surface area is 171 Å². The first-order valence-corrected chi connectivity index (χ1v) is 10.5. The minimum atomic E-state index is 0.111. The summed E-state index contributed by atoms with van der Waals surface area (Å²) in [7, 11) is 0. The number of aryl methyl sites for hydroxylation is 1. The number of hydrogen-bond donors (Lipinski definition) is 1. The Morgan fingerprint density at radius 3 is 2.83 bits per heavy atom. The van der Waals surface area contributed by atoms with Crippen molar-refractivity contribution in [3.63, 3.8) is 0 Å². The fourth-order valence-corrected chi connectivity index (χ4v) is 4.70. The van der Waals surface area contributed by atoms with Gasteiger partial charge in [-0.15, -0.1) is 21.5 Å². The third-order valence-electron chi connectivity index (χ3n) is 5.19. The largest absolute Gasteiger partial charge is 0.342 e. The molecule has 0 saturated carbocycles. The first kappa shape index (κ1) is 17.9. The summed E-state index contributed by atoms with van der Waals surface area (Å²) in [6.07, 6.45) is 4.50. The van der Waals surface area contributed by atoms with E-state index in [1.807, 2.05) is 24.7 Å². The van der Waals surface area contributed by atoms with Crippen molar-refractivity contribution in [2.75, 3.05) is 4.90 Å². The van der Waals surface area contributed by atoms with E-state index in [2.05, 4.69) is 55.6 Å². The highest BCUT2D eigenvalue weighted by molar-refractivity contribution is 7.13. The van der Waals surface area contributed by atoms with Crippen LogP contribution >= 0.6 is 11.3 Å². The summed E-state index contributed by atoms with van der Waals surface area (Å²) in [5, 5.41) is 15.8. The van der Waals surface area contributed by atoms with Crippen LogP contribution in [0.15, 0.2) is 24.0 Å². The van der Waals surface area contributed by atoms with Gasteiger partial charge >= 0.3 is 0 Å². The zero-order valence-corrected chi connectivity index (χ0v) is 17.5. The molecule has 1 atom stereocenters. The number of anilines is 1. The first-order chi connectivity index (χ1) is 14.1. The minimum Gasteiger partial charge on any atom is -0.342 e. The molecule has 9 nitrogen and oxygen atoms in total. The van der Waals surface area contributed by atoms with E-state index in [0.717, 1.165) is 45.8 Å². The number of thiazole rings is 1. The van der Waals surface area contributed by atoms with Crippen LogP contribution in [0.4, 0.5) is 5.82 Å². The van der Waals surface area contributed by atoms with Gasteiger partial charge in [0.1, 0.15) is 22.1 Å². The van der Waals surface area contributed by atoms with E-state index < -0.39 is 0 Å². The molecule has 0 aliphatic carbocycles. The van der Waals surface area contributed by atoms with Gasteiger partial charge in [0.25, 0.3) is 0 Å². The third-order valence-corrected chi connectivity index (χ3v) is 6.01. The summed E-state index contributed by atoms with van der Waals surface area (Å²) in [5.41, 5.74) is 4.39. The quantitative estimate of drug-likeness (QED) is 0.552. The van der Waals surface area contributed by atoms with Crippen molar-refractivity contribution in [1.29, 1.82) is 0 Å². The van der Waals surface area contributed by atoms with Crippen molar-refractivity contribution in [2.24, 2.45) is 0 Å². The Morgan fingerprint density at radius 1 is 1.24 bits per heavy atom. The second-order valence-corrected chi connectivity index (χ2v) is 8.12. The number of H-pyrrole nitrogens is 1. The van der Waals surface area contributed by atoms with Crippen molar-refractivity contribution in [3.05, 3.63) is 35.6 Å². The molecule has 1 unspecified atom stereocenters. The Morgan fingerprint density at radius 2 is 2.10 bits per heavy atom. The molecule has 1 aliphatic heterocycles. The van der Waals surface area contributed by atoms with Crippen LogP contribution in [0.1, 0.15) is 44.9 Å². The van der Waals surface area contributed by atoms with E-state index in [0.29, 0.717) is 5.82 Å². The highest BCUT2D eigenvalue weighted by Gasteiger charge is 2.36. The van der Waals surface area contributed by atoms with Gasteiger partial charge in [-0.3, -0.25) is 9.67 Å². The second-order valence-electron chi connectivity index (χ2n) is 7.27. The number of nitrogens with zero attached hydrogens (tertiary/aromatic N) is 8. The Balaban J connectivity index is 1.71. The van der Waals surface area contributed by atoms with Crippen molar-refractivity contribution in [2.45, 2.75) is 46.2 Å². The molecule has 29 heavy (non-hydrogen) atoms. The minimum absolute atomic E-state index is 0.111. The van der Waals surface area contributed by atoms with E-state index in [9.17, 15) is 0 Å². The Kier molecular flexibility index (Phi) is 4.16. The van der Waals surface area contributed by atoms with Gasteiger partial charge in [-0.25, -0.2) is 15.0 Å². The summed E-state index contributed by atoms with van der Waals surface area (Å²) in [6, 6.07) is 2.26. The van der Waals surface area contributed by atoms with Crippen molar-refractivity contribution < 1.29 is 0 Å². The normalized spacial score (nSPS) is 15.6. The predicted molar refractivity (Wildman–Crippen MR) is 111 cm³/mol. The lowest BCUT2D eigenvalue weighted by Gasteiger charge is -2.39. The van der Waals surface area contributed by atoms with Crippen LogP contribution < -0.4 is 4.90 Å². The third kappa shape index (κ3) is 2.66. The van der Waals surface area contributed by atoms with Crippen molar-refractivity contribution >= 4 is 17.2 Å². The highest BCUT2D eigenvalue weighted by atomic mass is 32.1. The number of rotatable bonds is 4. The molecule has 10 heteroatoms. The maximum Gasteiger partial charge on any atom is 0.174 e. The molecule has 4 aromatic rings. The van der Waals surface area contributed by atoms with Gasteiger partial charge in [0.2, 0.25) is 0 Å². The topological polar surface area (TPSA) is 101 Å². The fourth-order valence-electron chi connectivity index (χ4n) is 3.96. The summed E-state index contributed by atoms with van der Waals surface area (Å²) >= 11 is 1.52. The van der Waals surface area contributed by atoms with E-state index in [4.69, 9.17) is 9.97 Å². The molecule has 5 heterocycles. The molecule has 0 bridgehead atoms. The van der Waals surface area contributed by atoms with Crippen molar-refractivity contribution in [3.8, 4) is 27.8 Å². The number of hydrogen-bond acceptors (Lipinski definition) is 8. The van der Waals surface area contributed by atoms with Gasteiger partial charge in [-0.05, 0) is 33.3 Å². The number of aromatic nitrogens is 8. The fraction of sp³-hybridized carbons (Fsp3) is 0.368. The Hall–Kier alpha value is -3.14. The van der Waals surface area contributed by atoms with Crippen LogP contribution in [0.5, 0.6) is 0 Å².